The fraction of sp³-hybridized carbons (Fsp3) is 0.154. The SMILES string of the molecule is C[C@@H](NS(=O)(=O)c1ccc(C(=O)O)o1)c1ccc(Cl)cc1. The summed E-state index contributed by atoms with van der Waals surface area (Å²) in [4.78, 5) is 10.7. The molecule has 2 N–H and O–H groups in total. The monoisotopic (exact) mass is 329 g/mol. The Morgan fingerprint density at radius 2 is 1.86 bits per heavy atom. The number of hydrogen-bond donors (Lipinski definition) is 2. The van der Waals surface area contributed by atoms with E-state index in [-0.39, 0.29) is 0 Å². The summed E-state index contributed by atoms with van der Waals surface area (Å²) >= 11 is 5.77. The lowest BCUT2D eigenvalue weighted by molar-refractivity contribution is 0.0656. The number of nitrogens with one attached hydrogen (secondary N) is 1. The molecule has 0 saturated carbocycles. The summed E-state index contributed by atoms with van der Waals surface area (Å²) in [7, 11) is -3.94. The van der Waals surface area contributed by atoms with Gasteiger partial charge in [0.05, 0.1) is 0 Å². The maximum absolute atomic E-state index is 12.1. The molecule has 1 heterocycles. The van der Waals surface area contributed by atoms with E-state index in [9.17, 15) is 13.2 Å². The summed E-state index contributed by atoms with van der Waals surface area (Å²) in [5.74, 6) is -1.77. The highest BCUT2D eigenvalue weighted by molar-refractivity contribution is 7.89. The number of furan rings is 1. The van der Waals surface area contributed by atoms with Crippen LogP contribution in [-0.4, -0.2) is 19.5 Å². The Balaban J connectivity index is 2.20. The molecule has 8 heteroatoms. The van der Waals surface area contributed by atoms with Crippen LogP contribution < -0.4 is 4.72 Å². The van der Waals surface area contributed by atoms with Crippen LogP contribution in [0.4, 0.5) is 0 Å². The van der Waals surface area contributed by atoms with Crippen molar-refractivity contribution < 1.29 is 22.7 Å². The maximum atomic E-state index is 12.1. The number of sulfonamides is 1. The number of carbonyl (C=O) groups is 1. The fourth-order valence-electron chi connectivity index (χ4n) is 1.69. The van der Waals surface area contributed by atoms with Crippen molar-refractivity contribution in [3.8, 4) is 0 Å². The smallest absolute Gasteiger partial charge is 0.371 e. The zero-order valence-electron chi connectivity index (χ0n) is 10.9. The average molecular weight is 330 g/mol. The molecule has 0 saturated heterocycles. The molecule has 1 aromatic carbocycles. The lowest BCUT2D eigenvalue weighted by Crippen LogP contribution is -2.26. The Morgan fingerprint density at radius 3 is 2.38 bits per heavy atom. The highest BCUT2D eigenvalue weighted by Crippen LogP contribution is 2.20. The molecule has 0 spiro atoms. The van der Waals surface area contributed by atoms with Gasteiger partial charge in [-0.3, -0.25) is 0 Å². The lowest BCUT2D eigenvalue weighted by Gasteiger charge is -2.13. The van der Waals surface area contributed by atoms with Gasteiger partial charge in [0.1, 0.15) is 0 Å². The number of benzene rings is 1. The van der Waals surface area contributed by atoms with Gasteiger partial charge in [0.25, 0.3) is 10.0 Å². The zero-order valence-corrected chi connectivity index (χ0v) is 12.5. The van der Waals surface area contributed by atoms with Crippen molar-refractivity contribution in [2.75, 3.05) is 0 Å². The van der Waals surface area contributed by atoms with E-state index in [1.165, 1.54) is 0 Å². The molecular weight excluding hydrogens is 318 g/mol. The van der Waals surface area contributed by atoms with E-state index < -0.39 is 32.9 Å². The van der Waals surface area contributed by atoms with Crippen LogP contribution in [0.15, 0.2) is 45.9 Å². The molecule has 0 amide bonds. The lowest BCUT2D eigenvalue weighted by atomic mass is 10.1. The van der Waals surface area contributed by atoms with Crippen molar-refractivity contribution in [3.05, 3.63) is 52.7 Å². The van der Waals surface area contributed by atoms with Crippen LogP contribution in [0, 0.1) is 0 Å². The molecular formula is C13H12ClNO5S. The van der Waals surface area contributed by atoms with Gasteiger partial charge < -0.3 is 9.52 Å². The predicted molar refractivity (Wildman–Crippen MR) is 75.9 cm³/mol. The first-order valence-corrected chi connectivity index (χ1v) is 7.76. The zero-order chi connectivity index (χ0) is 15.6. The van der Waals surface area contributed by atoms with Crippen LogP contribution in [0.1, 0.15) is 29.1 Å². The first-order chi connectivity index (χ1) is 9.79. The summed E-state index contributed by atoms with van der Waals surface area (Å²) in [5.41, 5.74) is 0.716. The van der Waals surface area contributed by atoms with Crippen LogP contribution in [-0.2, 0) is 10.0 Å². The number of hydrogen-bond acceptors (Lipinski definition) is 4. The van der Waals surface area contributed by atoms with Crippen LogP contribution >= 0.6 is 11.6 Å². The molecule has 2 rings (SSSR count). The van der Waals surface area contributed by atoms with Gasteiger partial charge in [0, 0.05) is 11.1 Å². The molecule has 1 aromatic heterocycles. The van der Waals surface area contributed by atoms with E-state index >= 15 is 0 Å². The topological polar surface area (TPSA) is 96.6 Å². The first kappa shape index (κ1) is 15.6. The molecule has 2 aromatic rings. The van der Waals surface area contributed by atoms with E-state index in [0.29, 0.717) is 10.6 Å². The normalized spacial score (nSPS) is 13.0. The summed E-state index contributed by atoms with van der Waals surface area (Å²) < 4.78 is 31.4. The van der Waals surface area contributed by atoms with Gasteiger partial charge in [-0.1, -0.05) is 23.7 Å². The third-order valence-electron chi connectivity index (χ3n) is 2.76. The first-order valence-electron chi connectivity index (χ1n) is 5.90. The van der Waals surface area contributed by atoms with Crippen LogP contribution in [0.2, 0.25) is 5.02 Å². The van der Waals surface area contributed by atoms with E-state index in [0.717, 1.165) is 12.1 Å². The third-order valence-corrected chi connectivity index (χ3v) is 4.42. The minimum Gasteiger partial charge on any atom is -0.475 e. The molecule has 1 atom stereocenters. The minimum atomic E-state index is -3.94. The van der Waals surface area contributed by atoms with Crippen LogP contribution in [0.5, 0.6) is 0 Å². The molecule has 0 fully saturated rings. The van der Waals surface area contributed by atoms with Crippen molar-refractivity contribution in [2.45, 2.75) is 18.1 Å². The standard InChI is InChI=1S/C13H12ClNO5S/c1-8(9-2-4-10(14)5-3-9)15-21(18,19)12-7-6-11(20-12)13(16)17/h2-8,15H,1H3,(H,16,17)/t8-/m1/s1. The van der Waals surface area contributed by atoms with E-state index in [4.69, 9.17) is 21.1 Å². The Hall–Kier alpha value is -1.83. The molecule has 112 valence electrons. The van der Waals surface area contributed by atoms with Crippen LogP contribution in [0.25, 0.3) is 0 Å². The van der Waals surface area contributed by atoms with Crippen molar-refractivity contribution in [2.24, 2.45) is 0 Å². The van der Waals surface area contributed by atoms with Gasteiger partial charge in [-0.05, 0) is 36.8 Å². The number of carboxylic acids is 1. The summed E-state index contributed by atoms with van der Waals surface area (Å²) in [6.45, 7) is 1.65. The number of halogens is 1. The molecule has 0 aliphatic rings. The molecule has 21 heavy (non-hydrogen) atoms. The quantitative estimate of drug-likeness (QED) is 0.879. The maximum Gasteiger partial charge on any atom is 0.371 e. The van der Waals surface area contributed by atoms with E-state index in [2.05, 4.69) is 4.72 Å². The van der Waals surface area contributed by atoms with Crippen molar-refractivity contribution in [1.82, 2.24) is 4.72 Å². The number of aromatic carboxylic acids is 1. The molecule has 0 radical (unpaired) electrons. The molecule has 0 aliphatic carbocycles. The van der Waals surface area contributed by atoms with Gasteiger partial charge in [-0.2, -0.15) is 0 Å². The van der Waals surface area contributed by atoms with Crippen LogP contribution in [0.3, 0.4) is 0 Å². The Morgan fingerprint density at radius 1 is 1.24 bits per heavy atom. The van der Waals surface area contributed by atoms with E-state index in [1.54, 1.807) is 31.2 Å². The van der Waals surface area contributed by atoms with E-state index in [1.807, 2.05) is 0 Å². The number of carboxylic acid groups (broad SMARTS) is 1. The Labute approximate surface area is 126 Å². The second kappa shape index (κ2) is 5.88. The fourth-order valence-corrected chi connectivity index (χ4v) is 2.98. The molecule has 0 aliphatic heterocycles. The highest BCUT2D eigenvalue weighted by atomic mass is 35.5. The summed E-state index contributed by atoms with van der Waals surface area (Å²) in [5, 5.41) is 8.83. The second-order valence-electron chi connectivity index (χ2n) is 4.32. The Kier molecular flexibility index (Phi) is 4.36. The van der Waals surface area contributed by atoms with Gasteiger partial charge >= 0.3 is 5.97 Å². The Bertz CT molecular complexity index is 751. The third kappa shape index (κ3) is 3.63. The summed E-state index contributed by atoms with van der Waals surface area (Å²) in [6, 6.07) is 8.35. The second-order valence-corrected chi connectivity index (χ2v) is 6.40. The molecule has 0 bridgehead atoms. The van der Waals surface area contributed by atoms with Gasteiger partial charge in [0.2, 0.25) is 10.9 Å². The predicted octanol–water partition coefficient (Wildman–Crippen LogP) is 2.67. The highest BCUT2D eigenvalue weighted by Gasteiger charge is 2.23. The average Bonchev–Trinajstić information content (AvgIpc) is 2.89. The van der Waals surface area contributed by atoms with Gasteiger partial charge in [0.15, 0.2) is 0 Å². The molecule has 6 nitrogen and oxygen atoms in total. The van der Waals surface area contributed by atoms with Gasteiger partial charge in [-0.15, -0.1) is 0 Å². The largest absolute Gasteiger partial charge is 0.475 e. The molecule has 0 unspecified atom stereocenters. The minimum absolute atomic E-state index is 0.436. The summed E-state index contributed by atoms with van der Waals surface area (Å²) in [6.07, 6.45) is 0. The van der Waals surface area contributed by atoms with Gasteiger partial charge in [-0.25, -0.2) is 17.9 Å². The number of rotatable bonds is 5. The van der Waals surface area contributed by atoms with Crippen molar-refractivity contribution >= 4 is 27.6 Å². The van der Waals surface area contributed by atoms with Crippen molar-refractivity contribution in [1.29, 1.82) is 0 Å². The van der Waals surface area contributed by atoms with Crippen molar-refractivity contribution in [3.63, 3.8) is 0 Å².